The number of aromatic nitrogens is 3. The van der Waals surface area contributed by atoms with Crippen LogP contribution in [0.5, 0.6) is 0 Å². The Labute approximate surface area is 236 Å². The number of rotatable bonds is 5. The Kier molecular flexibility index (Phi) is 7.03. The van der Waals surface area contributed by atoms with E-state index in [1.807, 2.05) is 66.5 Å². The maximum atomic E-state index is 13.3. The Hall–Kier alpha value is -2.18. The Morgan fingerprint density at radius 1 is 1.14 bits per heavy atom. The Balaban J connectivity index is 1.43. The van der Waals surface area contributed by atoms with E-state index >= 15 is 0 Å². The number of thiazole rings is 1. The highest BCUT2D eigenvalue weighted by Gasteiger charge is 2.50. The SMILES string of the molecule is Cc1c(-c2csc(/N=C3\NC(=O)C(Br)(C(Br)c4ccc(Cl)cc4)S3)n2)c(=O)n(-c2ccccc2)n1C. The summed E-state index contributed by atoms with van der Waals surface area (Å²) < 4.78 is 2.44. The number of halogens is 3. The minimum Gasteiger partial charge on any atom is -0.303 e. The molecule has 1 aliphatic heterocycles. The number of hydrogen-bond acceptors (Lipinski definition) is 6. The van der Waals surface area contributed by atoms with E-state index in [1.165, 1.54) is 23.1 Å². The number of amidine groups is 1. The number of nitrogens with zero attached hydrogens (tertiary/aromatic N) is 4. The second-order valence-corrected chi connectivity index (χ2v) is 13.2. The van der Waals surface area contributed by atoms with Gasteiger partial charge in [0.2, 0.25) is 5.13 Å². The van der Waals surface area contributed by atoms with Gasteiger partial charge in [0, 0.05) is 23.1 Å². The molecule has 2 atom stereocenters. The molecular weight excluding hydrogens is 650 g/mol. The molecular formula is C24H18Br2ClN5O2S2. The molecule has 12 heteroatoms. The second kappa shape index (κ2) is 9.94. The summed E-state index contributed by atoms with van der Waals surface area (Å²) in [6.45, 7) is 1.89. The molecule has 5 rings (SSSR count). The van der Waals surface area contributed by atoms with Crippen molar-refractivity contribution in [2.75, 3.05) is 0 Å². The number of alkyl halides is 2. The molecule has 0 radical (unpaired) electrons. The molecule has 1 fully saturated rings. The van der Waals surface area contributed by atoms with Gasteiger partial charge in [0.1, 0.15) is 0 Å². The van der Waals surface area contributed by atoms with Gasteiger partial charge < -0.3 is 5.32 Å². The Morgan fingerprint density at radius 3 is 2.53 bits per heavy atom. The highest BCUT2D eigenvalue weighted by Crippen LogP contribution is 2.52. The van der Waals surface area contributed by atoms with Crippen LogP contribution in [-0.4, -0.2) is 29.1 Å². The van der Waals surface area contributed by atoms with Crippen LogP contribution in [0.25, 0.3) is 16.9 Å². The number of carbonyl (C=O) groups is 1. The van der Waals surface area contributed by atoms with Crippen molar-refractivity contribution in [3.8, 4) is 16.9 Å². The van der Waals surface area contributed by atoms with Gasteiger partial charge in [-0.3, -0.25) is 14.3 Å². The van der Waals surface area contributed by atoms with Crippen molar-refractivity contribution in [2.24, 2.45) is 12.0 Å². The van der Waals surface area contributed by atoms with E-state index in [1.54, 1.807) is 16.8 Å². The lowest BCUT2D eigenvalue weighted by atomic mass is 10.1. The van der Waals surface area contributed by atoms with Crippen LogP contribution in [0.3, 0.4) is 0 Å². The number of benzene rings is 2. The van der Waals surface area contributed by atoms with Crippen LogP contribution >= 0.6 is 66.6 Å². The van der Waals surface area contributed by atoms with Crippen molar-refractivity contribution in [3.05, 3.63) is 86.6 Å². The van der Waals surface area contributed by atoms with Crippen LogP contribution in [0.2, 0.25) is 5.02 Å². The minimum absolute atomic E-state index is 0.154. The molecule has 36 heavy (non-hydrogen) atoms. The summed E-state index contributed by atoms with van der Waals surface area (Å²) in [7, 11) is 1.85. The van der Waals surface area contributed by atoms with Gasteiger partial charge in [-0.15, -0.1) is 11.3 Å². The number of para-hydroxylation sites is 1. The summed E-state index contributed by atoms with van der Waals surface area (Å²) in [5.41, 5.74) is 3.38. The molecule has 184 valence electrons. The van der Waals surface area contributed by atoms with Crippen molar-refractivity contribution < 1.29 is 4.79 Å². The topological polar surface area (TPSA) is 81.3 Å². The van der Waals surface area contributed by atoms with E-state index in [9.17, 15) is 9.59 Å². The molecule has 2 aromatic carbocycles. The zero-order valence-corrected chi connectivity index (χ0v) is 24.5. The lowest BCUT2D eigenvalue weighted by Gasteiger charge is -2.23. The summed E-state index contributed by atoms with van der Waals surface area (Å²) in [6.07, 6.45) is 0. The molecule has 7 nitrogen and oxygen atoms in total. The zero-order chi connectivity index (χ0) is 25.6. The third-order valence-electron chi connectivity index (χ3n) is 5.76. The predicted molar refractivity (Wildman–Crippen MR) is 154 cm³/mol. The molecule has 1 aliphatic rings. The van der Waals surface area contributed by atoms with Crippen molar-refractivity contribution in [2.45, 2.75) is 15.4 Å². The Bertz CT molecular complexity index is 1550. The highest BCUT2D eigenvalue weighted by molar-refractivity contribution is 9.14. The monoisotopic (exact) mass is 665 g/mol. The molecule has 0 bridgehead atoms. The maximum absolute atomic E-state index is 13.3. The fourth-order valence-electron chi connectivity index (χ4n) is 3.84. The van der Waals surface area contributed by atoms with Gasteiger partial charge in [0.15, 0.2) is 8.82 Å². The number of thioether (sulfide) groups is 1. The first-order valence-electron chi connectivity index (χ1n) is 10.7. The molecule has 0 saturated carbocycles. The van der Waals surface area contributed by atoms with Gasteiger partial charge in [0.05, 0.1) is 21.8 Å². The van der Waals surface area contributed by atoms with E-state index < -0.39 is 3.66 Å². The summed E-state index contributed by atoms with van der Waals surface area (Å²) in [4.78, 5) is 35.0. The molecule has 3 heterocycles. The summed E-state index contributed by atoms with van der Waals surface area (Å²) in [6, 6.07) is 16.8. The quantitative estimate of drug-likeness (QED) is 0.252. The van der Waals surface area contributed by atoms with Gasteiger partial charge >= 0.3 is 0 Å². The molecule has 0 aliphatic carbocycles. The number of aliphatic imine (C=N–C) groups is 1. The molecule has 1 N–H and O–H groups in total. The fourth-order valence-corrected chi connectivity index (χ4v) is 7.26. The molecule has 0 spiro atoms. The normalized spacial score (nSPS) is 19.6. The van der Waals surface area contributed by atoms with Crippen LogP contribution in [0.1, 0.15) is 16.1 Å². The van der Waals surface area contributed by atoms with Crippen molar-refractivity contribution in [3.63, 3.8) is 0 Å². The van der Waals surface area contributed by atoms with Crippen molar-refractivity contribution in [1.82, 2.24) is 19.7 Å². The molecule has 2 aromatic heterocycles. The van der Waals surface area contributed by atoms with Crippen LogP contribution in [0.15, 0.2) is 69.8 Å². The summed E-state index contributed by atoms with van der Waals surface area (Å²) in [5.74, 6) is -0.232. The summed E-state index contributed by atoms with van der Waals surface area (Å²) in [5, 5.41) is 6.12. The van der Waals surface area contributed by atoms with Gasteiger partial charge in [-0.2, -0.15) is 4.99 Å². The van der Waals surface area contributed by atoms with Crippen LogP contribution in [-0.2, 0) is 11.8 Å². The number of hydrogen-bond donors (Lipinski definition) is 1. The predicted octanol–water partition coefficient (Wildman–Crippen LogP) is 6.34. The molecule has 4 aromatic rings. The smallest absolute Gasteiger partial charge is 0.281 e. The minimum atomic E-state index is -1.00. The van der Waals surface area contributed by atoms with Crippen LogP contribution < -0.4 is 10.9 Å². The third kappa shape index (κ3) is 4.51. The third-order valence-corrected chi connectivity index (χ3v) is 11.3. The number of nitrogens with one attached hydrogen (secondary N) is 1. The molecule has 1 amide bonds. The first-order valence-corrected chi connectivity index (χ1v) is 14.4. The maximum Gasteiger partial charge on any atom is 0.281 e. The average Bonchev–Trinajstić information content (AvgIpc) is 3.49. The standard InChI is InChI=1S/C24H18Br2ClN5O2S2/c1-13-18(20(33)32(31(13)2)16-6-4-3-5-7-16)17-12-35-22(28-17)30-23-29-21(34)24(26,36-23)19(25)14-8-10-15(27)11-9-14/h3-12,19H,1-2H3,(H,28,29,30,34). The van der Waals surface area contributed by atoms with E-state index in [0.29, 0.717) is 26.6 Å². The van der Waals surface area contributed by atoms with Crippen LogP contribution in [0.4, 0.5) is 5.13 Å². The van der Waals surface area contributed by atoms with E-state index in [-0.39, 0.29) is 16.3 Å². The van der Waals surface area contributed by atoms with Crippen molar-refractivity contribution in [1.29, 1.82) is 0 Å². The lowest BCUT2D eigenvalue weighted by Crippen LogP contribution is -2.34. The van der Waals surface area contributed by atoms with Gasteiger partial charge in [0.25, 0.3) is 11.5 Å². The van der Waals surface area contributed by atoms with E-state index in [4.69, 9.17) is 11.6 Å². The zero-order valence-electron chi connectivity index (χ0n) is 18.9. The lowest BCUT2D eigenvalue weighted by molar-refractivity contribution is -0.119. The number of amides is 1. The molecule has 2 unspecified atom stereocenters. The average molecular weight is 668 g/mol. The van der Waals surface area contributed by atoms with Gasteiger partial charge in [-0.1, -0.05) is 85.6 Å². The summed E-state index contributed by atoms with van der Waals surface area (Å²) >= 11 is 15.8. The Morgan fingerprint density at radius 2 is 1.83 bits per heavy atom. The number of carbonyl (C=O) groups excluding carboxylic acids is 1. The first-order chi connectivity index (χ1) is 17.2. The fraction of sp³-hybridized carbons (Fsp3) is 0.167. The largest absolute Gasteiger partial charge is 0.303 e. The van der Waals surface area contributed by atoms with E-state index in [2.05, 4.69) is 47.2 Å². The highest BCUT2D eigenvalue weighted by atomic mass is 79.9. The first kappa shape index (κ1) is 25.5. The second-order valence-electron chi connectivity index (χ2n) is 7.98. The van der Waals surface area contributed by atoms with Gasteiger partial charge in [-0.25, -0.2) is 9.67 Å². The molecule has 1 saturated heterocycles. The van der Waals surface area contributed by atoms with Crippen molar-refractivity contribution >= 4 is 82.8 Å². The van der Waals surface area contributed by atoms with Crippen LogP contribution in [0, 0.1) is 6.92 Å². The van der Waals surface area contributed by atoms with Gasteiger partial charge in [-0.05, 0) is 36.8 Å². The van der Waals surface area contributed by atoms with E-state index in [0.717, 1.165) is 16.9 Å².